The molecule has 1 aliphatic rings. The molecule has 2 heterocycles. The average molecular weight is 400 g/mol. The number of carbonyl (C=O) groups is 1. The standard InChI is InChI=1S/C15H16BrClN4O2/c16-11-6-9(17)7-13(14(11)22)19-15(23)12-3-5-21(20-12)10-2-1-4-18-8-10/h3,5-7,10,18,22H,1-2,4,8H2,(H,19,23). The maximum Gasteiger partial charge on any atom is 0.276 e. The van der Waals surface area contributed by atoms with Crippen LogP contribution in [0.4, 0.5) is 5.69 Å². The van der Waals surface area contributed by atoms with E-state index in [1.807, 2.05) is 4.68 Å². The lowest BCUT2D eigenvalue weighted by atomic mass is 10.1. The molecule has 3 rings (SSSR count). The Bertz CT molecular complexity index is 728. The van der Waals surface area contributed by atoms with Crippen LogP contribution in [0.1, 0.15) is 29.4 Å². The molecule has 23 heavy (non-hydrogen) atoms. The minimum absolute atomic E-state index is 0.0707. The van der Waals surface area contributed by atoms with Crippen molar-refractivity contribution in [2.75, 3.05) is 18.4 Å². The van der Waals surface area contributed by atoms with E-state index in [1.165, 1.54) is 6.07 Å². The number of nitrogens with one attached hydrogen (secondary N) is 2. The summed E-state index contributed by atoms with van der Waals surface area (Å²) in [6, 6.07) is 4.97. The van der Waals surface area contributed by atoms with E-state index >= 15 is 0 Å². The maximum absolute atomic E-state index is 12.3. The Morgan fingerprint density at radius 3 is 3.09 bits per heavy atom. The van der Waals surface area contributed by atoms with Crippen LogP contribution >= 0.6 is 27.5 Å². The van der Waals surface area contributed by atoms with Crippen molar-refractivity contribution in [3.8, 4) is 5.75 Å². The van der Waals surface area contributed by atoms with Crippen molar-refractivity contribution >= 4 is 39.1 Å². The Morgan fingerprint density at radius 1 is 1.52 bits per heavy atom. The molecule has 1 aliphatic heterocycles. The Kier molecular flexibility index (Phi) is 4.89. The fourth-order valence-electron chi connectivity index (χ4n) is 2.57. The highest BCUT2D eigenvalue weighted by Crippen LogP contribution is 2.35. The van der Waals surface area contributed by atoms with E-state index in [0.29, 0.717) is 15.2 Å². The van der Waals surface area contributed by atoms with Gasteiger partial charge in [0.15, 0.2) is 11.4 Å². The molecule has 0 spiro atoms. The number of benzene rings is 1. The van der Waals surface area contributed by atoms with Gasteiger partial charge in [-0.25, -0.2) is 0 Å². The number of rotatable bonds is 3. The van der Waals surface area contributed by atoms with E-state index in [-0.39, 0.29) is 17.5 Å². The van der Waals surface area contributed by atoms with Crippen molar-refractivity contribution in [2.24, 2.45) is 0 Å². The van der Waals surface area contributed by atoms with Gasteiger partial charge in [0.2, 0.25) is 0 Å². The first-order chi connectivity index (χ1) is 11.0. The molecule has 1 amide bonds. The van der Waals surface area contributed by atoms with Crippen molar-refractivity contribution in [1.29, 1.82) is 0 Å². The SMILES string of the molecule is O=C(Nc1cc(Cl)cc(Br)c1O)c1ccn(C2CCCNC2)n1. The molecule has 1 atom stereocenters. The second-order valence-corrected chi connectivity index (χ2v) is 6.71. The zero-order valence-electron chi connectivity index (χ0n) is 12.2. The number of hydrogen-bond acceptors (Lipinski definition) is 4. The second-order valence-electron chi connectivity index (χ2n) is 5.42. The van der Waals surface area contributed by atoms with Crippen LogP contribution in [0, 0.1) is 0 Å². The zero-order valence-corrected chi connectivity index (χ0v) is 14.6. The predicted molar refractivity (Wildman–Crippen MR) is 92.1 cm³/mol. The maximum atomic E-state index is 12.3. The van der Waals surface area contributed by atoms with Crippen LogP contribution in [-0.4, -0.2) is 33.9 Å². The molecule has 122 valence electrons. The van der Waals surface area contributed by atoms with Crippen LogP contribution in [0.15, 0.2) is 28.9 Å². The van der Waals surface area contributed by atoms with Gasteiger partial charge in [0.25, 0.3) is 5.91 Å². The molecule has 0 radical (unpaired) electrons. The Morgan fingerprint density at radius 2 is 2.35 bits per heavy atom. The van der Waals surface area contributed by atoms with Gasteiger partial charge < -0.3 is 15.7 Å². The van der Waals surface area contributed by atoms with Crippen LogP contribution in [0.5, 0.6) is 5.75 Å². The molecule has 0 aliphatic carbocycles. The highest BCUT2D eigenvalue weighted by atomic mass is 79.9. The monoisotopic (exact) mass is 398 g/mol. The van der Waals surface area contributed by atoms with E-state index in [1.54, 1.807) is 18.3 Å². The molecule has 3 N–H and O–H groups in total. The first-order valence-corrected chi connectivity index (χ1v) is 8.47. The van der Waals surface area contributed by atoms with Gasteiger partial charge in [0.05, 0.1) is 16.2 Å². The van der Waals surface area contributed by atoms with Gasteiger partial charge in [-0.05, 0) is 53.5 Å². The third-order valence-corrected chi connectivity index (χ3v) is 4.59. The molecule has 0 bridgehead atoms. The number of carbonyl (C=O) groups excluding carboxylic acids is 1. The number of aromatic nitrogens is 2. The van der Waals surface area contributed by atoms with E-state index in [4.69, 9.17) is 11.6 Å². The zero-order chi connectivity index (χ0) is 16.4. The number of piperidine rings is 1. The summed E-state index contributed by atoms with van der Waals surface area (Å²) in [4.78, 5) is 12.3. The van der Waals surface area contributed by atoms with Gasteiger partial charge in [-0.15, -0.1) is 0 Å². The summed E-state index contributed by atoms with van der Waals surface area (Å²) in [5.41, 5.74) is 0.536. The van der Waals surface area contributed by atoms with Crippen LogP contribution in [0.3, 0.4) is 0 Å². The summed E-state index contributed by atoms with van der Waals surface area (Å²) in [5, 5.41) is 20.7. The summed E-state index contributed by atoms with van der Waals surface area (Å²) >= 11 is 9.12. The number of halogens is 2. The number of hydrogen-bond donors (Lipinski definition) is 3. The molecule has 2 aromatic rings. The summed E-state index contributed by atoms with van der Waals surface area (Å²) in [6.45, 7) is 1.87. The molecule has 1 fully saturated rings. The molecule has 1 unspecified atom stereocenters. The molecule has 6 nitrogen and oxygen atoms in total. The average Bonchev–Trinajstić information content (AvgIpc) is 3.03. The van der Waals surface area contributed by atoms with Gasteiger partial charge >= 0.3 is 0 Å². The van der Waals surface area contributed by atoms with Gasteiger partial charge in [-0.2, -0.15) is 5.10 Å². The molecular weight excluding hydrogens is 384 g/mol. The largest absolute Gasteiger partial charge is 0.505 e. The molecule has 1 aromatic carbocycles. The normalized spacial score (nSPS) is 17.9. The number of phenolic OH excluding ortho intramolecular Hbond substituents is 1. The van der Waals surface area contributed by atoms with Crippen molar-refractivity contribution in [2.45, 2.75) is 18.9 Å². The number of anilines is 1. The van der Waals surface area contributed by atoms with E-state index < -0.39 is 5.91 Å². The topological polar surface area (TPSA) is 79.2 Å². The molecule has 1 aromatic heterocycles. The lowest BCUT2D eigenvalue weighted by Crippen LogP contribution is -2.32. The van der Waals surface area contributed by atoms with E-state index in [0.717, 1.165) is 25.9 Å². The third-order valence-electron chi connectivity index (χ3n) is 3.76. The van der Waals surface area contributed by atoms with Crippen LogP contribution < -0.4 is 10.6 Å². The summed E-state index contributed by atoms with van der Waals surface area (Å²) in [6.07, 6.45) is 3.94. The second kappa shape index (κ2) is 6.90. The highest BCUT2D eigenvalue weighted by molar-refractivity contribution is 9.10. The van der Waals surface area contributed by atoms with Gasteiger partial charge in [0, 0.05) is 17.8 Å². The fraction of sp³-hybridized carbons (Fsp3) is 0.333. The Hall–Kier alpha value is -1.57. The van der Waals surface area contributed by atoms with E-state index in [2.05, 4.69) is 31.7 Å². The Balaban J connectivity index is 1.75. The first kappa shape index (κ1) is 16.3. The molecule has 0 saturated carbocycles. The molecule has 8 heteroatoms. The fourth-order valence-corrected chi connectivity index (χ4v) is 3.38. The summed E-state index contributed by atoms with van der Waals surface area (Å²) in [5.74, 6) is -0.462. The summed E-state index contributed by atoms with van der Waals surface area (Å²) in [7, 11) is 0. The van der Waals surface area contributed by atoms with Crippen LogP contribution in [0.2, 0.25) is 5.02 Å². The number of amides is 1. The minimum Gasteiger partial charge on any atom is -0.505 e. The third kappa shape index (κ3) is 3.68. The van der Waals surface area contributed by atoms with Crippen molar-refractivity contribution < 1.29 is 9.90 Å². The molecular formula is C15H16BrClN4O2. The number of phenols is 1. The highest BCUT2D eigenvalue weighted by Gasteiger charge is 2.19. The number of aromatic hydroxyl groups is 1. The quantitative estimate of drug-likeness (QED) is 0.693. The van der Waals surface area contributed by atoms with Crippen molar-refractivity contribution in [1.82, 2.24) is 15.1 Å². The van der Waals surface area contributed by atoms with Crippen LogP contribution in [0.25, 0.3) is 0 Å². The van der Waals surface area contributed by atoms with Gasteiger partial charge in [0.1, 0.15) is 0 Å². The summed E-state index contributed by atoms with van der Waals surface area (Å²) < 4.78 is 2.23. The number of nitrogens with zero attached hydrogens (tertiary/aromatic N) is 2. The molecule has 1 saturated heterocycles. The van der Waals surface area contributed by atoms with E-state index in [9.17, 15) is 9.90 Å². The Labute approximate surface area is 147 Å². The lowest BCUT2D eigenvalue weighted by Gasteiger charge is -2.22. The smallest absolute Gasteiger partial charge is 0.276 e. The minimum atomic E-state index is -0.392. The van der Waals surface area contributed by atoms with Crippen molar-refractivity contribution in [3.63, 3.8) is 0 Å². The predicted octanol–water partition coefficient (Wildman–Crippen LogP) is 3.18. The van der Waals surface area contributed by atoms with Gasteiger partial charge in [-0.1, -0.05) is 11.6 Å². The lowest BCUT2D eigenvalue weighted by molar-refractivity contribution is 0.102. The van der Waals surface area contributed by atoms with Crippen LogP contribution in [-0.2, 0) is 0 Å². The van der Waals surface area contributed by atoms with Crippen molar-refractivity contribution in [3.05, 3.63) is 39.6 Å². The van der Waals surface area contributed by atoms with Gasteiger partial charge in [-0.3, -0.25) is 9.48 Å². The first-order valence-electron chi connectivity index (χ1n) is 7.30.